The van der Waals surface area contributed by atoms with Crippen LogP contribution in [0.25, 0.3) is 10.1 Å². The van der Waals surface area contributed by atoms with Gasteiger partial charge in [0.05, 0.1) is 6.04 Å². The lowest BCUT2D eigenvalue weighted by Gasteiger charge is -2.21. The van der Waals surface area contributed by atoms with Gasteiger partial charge in [-0.15, -0.1) is 11.3 Å². The van der Waals surface area contributed by atoms with Gasteiger partial charge >= 0.3 is 0 Å². The Morgan fingerprint density at radius 1 is 1.19 bits per heavy atom. The molecule has 108 valence electrons. The van der Waals surface area contributed by atoms with Crippen molar-refractivity contribution in [3.63, 3.8) is 0 Å². The second-order valence-electron chi connectivity index (χ2n) is 4.81. The maximum absolute atomic E-state index is 14.4. The summed E-state index contributed by atoms with van der Waals surface area (Å²) in [6, 6.07) is 13.3. The fourth-order valence-electron chi connectivity index (χ4n) is 2.60. The Hall–Kier alpha value is -1.23. The van der Waals surface area contributed by atoms with E-state index in [-0.39, 0.29) is 11.9 Å². The second kappa shape index (κ2) is 6.26. The number of fused-ring (bicyclic) bond motifs is 1. The third kappa shape index (κ3) is 2.76. The van der Waals surface area contributed by atoms with Crippen LogP contribution in [0.3, 0.4) is 0 Å². The minimum absolute atomic E-state index is 0.159. The third-order valence-corrected chi connectivity index (χ3v) is 5.19. The van der Waals surface area contributed by atoms with Crippen molar-refractivity contribution in [3.05, 3.63) is 69.3 Å². The van der Waals surface area contributed by atoms with Gasteiger partial charge in [0.25, 0.3) is 0 Å². The highest BCUT2D eigenvalue weighted by atomic mass is 79.9. The van der Waals surface area contributed by atoms with E-state index in [1.165, 1.54) is 16.2 Å². The predicted octanol–water partition coefficient (Wildman–Crippen LogP) is 5.50. The van der Waals surface area contributed by atoms with E-state index in [0.717, 1.165) is 16.6 Å². The largest absolute Gasteiger partial charge is 0.306 e. The van der Waals surface area contributed by atoms with Crippen molar-refractivity contribution in [3.8, 4) is 0 Å². The molecule has 0 bridgehead atoms. The first-order valence-electron chi connectivity index (χ1n) is 6.85. The van der Waals surface area contributed by atoms with E-state index in [0.29, 0.717) is 5.56 Å². The second-order valence-corrected chi connectivity index (χ2v) is 6.58. The van der Waals surface area contributed by atoms with Crippen LogP contribution in [0, 0.1) is 5.82 Å². The summed E-state index contributed by atoms with van der Waals surface area (Å²) in [4.78, 5) is 0. The molecule has 3 rings (SSSR count). The van der Waals surface area contributed by atoms with Crippen molar-refractivity contribution >= 4 is 37.4 Å². The average Bonchev–Trinajstić information content (AvgIpc) is 2.94. The predicted molar refractivity (Wildman–Crippen MR) is 91.4 cm³/mol. The molecule has 1 atom stereocenters. The molecule has 0 saturated heterocycles. The number of rotatable bonds is 4. The molecule has 1 nitrogen and oxygen atoms in total. The van der Waals surface area contributed by atoms with Gasteiger partial charge < -0.3 is 5.32 Å². The quantitative estimate of drug-likeness (QED) is 0.644. The van der Waals surface area contributed by atoms with E-state index in [1.807, 2.05) is 19.1 Å². The van der Waals surface area contributed by atoms with Crippen molar-refractivity contribution in [1.29, 1.82) is 0 Å². The minimum Gasteiger partial charge on any atom is -0.306 e. The molecule has 1 aromatic heterocycles. The molecule has 21 heavy (non-hydrogen) atoms. The Morgan fingerprint density at radius 2 is 2.00 bits per heavy atom. The van der Waals surface area contributed by atoms with Gasteiger partial charge in [-0.25, -0.2) is 4.39 Å². The van der Waals surface area contributed by atoms with Gasteiger partial charge in [-0.1, -0.05) is 47.1 Å². The van der Waals surface area contributed by atoms with E-state index in [1.54, 1.807) is 17.4 Å². The van der Waals surface area contributed by atoms with E-state index >= 15 is 0 Å². The van der Waals surface area contributed by atoms with Crippen LogP contribution in [0.4, 0.5) is 4.39 Å². The number of benzene rings is 2. The van der Waals surface area contributed by atoms with Crippen molar-refractivity contribution in [1.82, 2.24) is 5.32 Å². The van der Waals surface area contributed by atoms with Crippen molar-refractivity contribution < 1.29 is 4.39 Å². The van der Waals surface area contributed by atoms with E-state index in [2.05, 4.69) is 44.8 Å². The van der Waals surface area contributed by atoms with Crippen LogP contribution in [0.5, 0.6) is 0 Å². The molecule has 0 amide bonds. The zero-order chi connectivity index (χ0) is 14.8. The lowest BCUT2D eigenvalue weighted by molar-refractivity contribution is 0.558. The lowest BCUT2D eigenvalue weighted by Crippen LogP contribution is -2.23. The molecule has 0 aliphatic carbocycles. The van der Waals surface area contributed by atoms with Crippen LogP contribution in [-0.2, 0) is 0 Å². The summed E-state index contributed by atoms with van der Waals surface area (Å²) in [6.45, 7) is 2.81. The van der Waals surface area contributed by atoms with Gasteiger partial charge in [0.2, 0.25) is 0 Å². The van der Waals surface area contributed by atoms with Gasteiger partial charge in [-0.05, 0) is 41.1 Å². The number of halogens is 2. The Bertz CT molecular complexity index is 748. The van der Waals surface area contributed by atoms with E-state index < -0.39 is 0 Å². The molecule has 1 unspecified atom stereocenters. The monoisotopic (exact) mass is 363 g/mol. The summed E-state index contributed by atoms with van der Waals surface area (Å²) < 4.78 is 16.4. The SMILES string of the molecule is CCNC(c1c(F)cccc1Br)c1cccc2ccsc12. The molecule has 2 aromatic carbocycles. The maximum atomic E-state index is 14.4. The van der Waals surface area contributed by atoms with Gasteiger partial charge in [-0.2, -0.15) is 0 Å². The highest BCUT2D eigenvalue weighted by Crippen LogP contribution is 2.36. The van der Waals surface area contributed by atoms with Crippen LogP contribution < -0.4 is 5.32 Å². The van der Waals surface area contributed by atoms with Crippen molar-refractivity contribution in [2.45, 2.75) is 13.0 Å². The average molecular weight is 364 g/mol. The topological polar surface area (TPSA) is 12.0 Å². The van der Waals surface area contributed by atoms with E-state index in [4.69, 9.17) is 0 Å². The van der Waals surface area contributed by atoms with Crippen LogP contribution in [0.15, 0.2) is 52.3 Å². The summed E-state index contributed by atoms with van der Waals surface area (Å²) in [5.74, 6) is -0.191. The fraction of sp³-hybridized carbons (Fsp3) is 0.176. The highest BCUT2D eigenvalue weighted by molar-refractivity contribution is 9.10. The molecule has 1 N–H and O–H groups in total. The number of hydrogen-bond donors (Lipinski definition) is 1. The first-order valence-corrected chi connectivity index (χ1v) is 8.53. The van der Waals surface area contributed by atoms with E-state index in [9.17, 15) is 4.39 Å². The summed E-state index contributed by atoms with van der Waals surface area (Å²) in [6.07, 6.45) is 0. The van der Waals surface area contributed by atoms with Crippen molar-refractivity contribution in [2.75, 3.05) is 6.54 Å². The number of nitrogens with one attached hydrogen (secondary N) is 1. The summed E-state index contributed by atoms with van der Waals surface area (Å²) in [7, 11) is 0. The molecule has 3 aromatic rings. The molecule has 0 spiro atoms. The first-order chi connectivity index (χ1) is 10.2. The Labute approximate surface area is 135 Å². The van der Waals surface area contributed by atoms with Crippen LogP contribution in [-0.4, -0.2) is 6.54 Å². The standard InChI is InChI=1S/C17H15BrFNS/c1-2-20-16(15-13(18)7-4-8-14(15)19)12-6-3-5-11-9-10-21-17(11)12/h3-10,16,20H,2H2,1H3. The fourth-order valence-corrected chi connectivity index (χ4v) is 4.12. The summed E-state index contributed by atoms with van der Waals surface area (Å²) in [5, 5.41) is 6.69. The van der Waals surface area contributed by atoms with Crippen LogP contribution in [0.2, 0.25) is 0 Å². The molecule has 4 heteroatoms. The summed E-state index contributed by atoms with van der Waals surface area (Å²) in [5.41, 5.74) is 1.79. The smallest absolute Gasteiger partial charge is 0.129 e. The Kier molecular flexibility index (Phi) is 4.38. The molecule has 0 fully saturated rings. The molecule has 1 heterocycles. The van der Waals surface area contributed by atoms with Gasteiger partial charge in [-0.3, -0.25) is 0 Å². The minimum atomic E-state index is -0.191. The van der Waals surface area contributed by atoms with Crippen molar-refractivity contribution in [2.24, 2.45) is 0 Å². The molecule has 0 aliphatic heterocycles. The Balaban J connectivity index is 2.21. The molecule has 0 aliphatic rings. The zero-order valence-electron chi connectivity index (χ0n) is 11.6. The highest BCUT2D eigenvalue weighted by Gasteiger charge is 2.21. The molecule has 0 radical (unpaired) electrons. The first kappa shape index (κ1) is 14.7. The van der Waals surface area contributed by atoms with Gasteiger partial charge in [0, 0.05) is 14.7 Å². The molecular weight excluding hydrogens is 349 g/mol. The lowest BCUT2D eigenvalue weighted by atomic mass is 9.97. The van der Waals surface area contributed by atoms with Crippen LogP contribution in [0.1, 0.15) is 24.1 Å². The van der Waals surface area contributed by atoms with Gasteiger partial charge in [0.15, 0.2) is 0 Å². The maximum Gasteiger partial charge on any atom is 0.129 e. The molecular formula is C17H15BrFNS. The number of thiophene rings is 1. The third-order valence-electron chi connectivity index (χ3n) is 3.52. The number of hydrogen-bond acceptors (Lipinski definition) is 2. The summed E-state index contributed by atoms with van der Waals surface area (Å²) >= 11 is 5.19. The van der Waals surface area contributed by atoms with Crippen LogP contribution >= 0.6 is 27.3 Å². The molecule has 0 saturated carbocycles. The normalized spacial score (nSPS) is 12.7. The zero-order valence-corrected chi connectivity index (χ0v) is 14.0. The Morgan fingerprint density at radius 3 is 2.76 bits per heavy atom. The van der Waals surface area contributed by atoms with Gasteiger partial charge in [0.1, 0.15) is 5.82 Å².